The third-order valence-corrected chi connectivity index (χ3v) is 5.28. The minimum atomic E-state index is -0.392. The maximum atomic E-state index is 12.3. The minimum absolute atomic E-state index is 0.0235. The van der Waals surface area contributed by atoms with Crippen LogP contribution in [0.1, 0.15) is 42.6 Å². The Hall–Kier alpha value is -3.46. The second-order valence-corrected chi connectivity index (χ2v) is 8.10. The van der Waals surface area contributed by atoms with Crippen LogP contribution in [-0.4, -0.2) is 33.6 Å². The van der Waals surface area contributed by atoms with E-state index >= 15 is 0 Å². The Morgan fingerprint density at radius 3 is 2.48 bits per heavy atom. The van der Waals surface area contributed by atoms with Gasteiger partial charge in [-0.1, -0.05) is 12.1 Å². The summed E-state index contributed by atoms with van der Waals surface area (Å²) in [5.74, 6) is -0.390. The van der Waals surface area contributed by atoms with Gasteiger partial charge >= 0.3 is 0 Å². The van der Waals surface area contributed by atoms with Crippen LogP contribution in [-0.2, 0) is 22.6 Å². The van der Waals surface area contributed by atoms with Gasteiger partial charge in [0.25, 0.3) is 5.91 Å². The predicted molar refractivity (Wildman–Crippen MR) is 119 cm³/mol. The van der Waals surface area contributed by atoms with Gasteiger partial charge in [-0.15, -0.1) is 11.3 Å². The Morgan fingerprint density at radius 1 is 1.13 bits per heavy atom. The molecule has 8 nitrogen and oxygen atoms in total. The van der Waals surface area contributed by atoms with Gasteiger partial charge in [-0.25, -0.2) is 4.98 Å². The highest BCUT2D eigenvalue weighted by Crippen LogP contribution is 2.18. The Morgan fingerprint density at radius 2 is 1.87 bits per heavy atom. The van der Waals surface area contributed by atoms with Crippen LogP contribution in [0.2, 0.25) is 0 Å². The molecule has 1 aromatic carbocycles. The molecule has 2 heterocycles. The van der Waals surface area contributed by atoms with Crippen LogP contribution in [0.25, 0.3) is 0 Å². The van der Waals surface area contributed by atoms with E-state index in [2.05, 4.69) is 15.6 Å². The van der Waals surface area contributed by atoms with Gasteiger partial charge in [0.05, 0.1) is 18.4 Å². The van der Waals surface area contributed by atoms with Crippen molar-refractivity contribution in [3.63, 3.8) is 0 Å². The van der Waals surface area contributed by atoms with Crippen molar-refractivity contribution in [3.8, 4) is 0 Å². The van der Waals surface area contributed by atoms with Crippen molar-refractivity contribution >= 4 is 39.9 Å². The number of furan rings is 1. The summed E-state index contributed by atoms with van der Waals surface area (Å²) in [6.07, 6.45) is 1.50. The van der Waals surface area contributed by atoms with Gasteiger partial charge in [-0.05, 0) is 43.7 Å². The van der Waals surface area contributed by atoms with Crippen molar-refractivity contribution in [1.29, 1.82) is 0 Å². The van der Waals surface area contributed by atoms with Crippen LogP contribution >= 0.6 is 11.3 Å². The number of hydrogen-bond donors (Lipinski definition) is 2. The molecule has 3 aromatic rings. The largest absolute Gasteiger partial charge is 0.459 e. The van der Waals surface area contributed by atoms with E-state index < -0.39 is 5.91 Å². The molecule has 0 saturated heterocycles. The summed E-state index contributed by atoms with van der Waals surface area (Å²) in [6, 6.07) is 10.7. The summed E-state index contributed by atoms with van der Waals surface area (Å²) in [5, 5.41) is 7.59. The van der Waals surface area contributed by atoms with Crippen molar-refractivity contribution in [1.82, 2.24) is 9.88 Å². The molecule has 0 unspecified atom stereocenters. The normalized spacial score (nSPS) is 10.7. The van der Waals surface area contributed by atoms with E-state index in [4.69, 9.17) is 4.42 Å². The molecule has 0 fully saturated rings. The summed E-state index contributed by atoms with van der Waals surface area (Å²) < 4.78 is 5.04. The van der Waals surface area contributed by atoms with Gasteiger partial charge in [-0.3, -0.25) is 19.7 Å². The lowest BCUT2D eigenvalue weighted by Gasteiger charge is -2.25. The predicted octanol–water partition coefficient (Wildman–Crippen LogP) is 3.93. The molecule has 31 heavy (non-hydrogen) atoms. The van der Waals surface area contributed by atoms with Crippen LogP contribution in [0.5, 0.6) is 0 Å². The third kappa shape index (κ3) is 6.26. The average Bonchev–Trinajstić information content (AvgIpc) is 3.39. The summed E-state index contributed by atoms with van der Waals surface area (Å²) in [7, 11) is 0. The topological polar surface area (TPSA) is 105 Å². The van der Waals surface area contributed by atoms with E-state index in [1.54, 1.807) is 29.3 Å². The summed E-state index contributed by atoms with van der Waals surface area (Å²) in [6.45, 7) is 6.03. The first-order valence-electron chi connectivity index (χ1n) is 9.77. The molecule has 0 bridgehead atoms. The molecule has 162 valence electrons. The lowest BCUT2D eigenvalue weighted by molar-refractivity contribution is -0.131. The molecule has 9 heteroatoms. The average molecular weight is 441 g/mol. The number of carbonyl (C=O) groups is 3. The number of carbonyl (C=O) groups excluding carboxylic acids is 3. The van der Waals surface area contributed by atoms with Crippen molar-refractivity contribution < 1.29 is 18.8 Å². The van der Waals surface area contributed by atoms with Crippen LogP contribution < -0.4 is 10.6 Å². The van der Waals surface area contributed by atoms with Gasteiger partial charge in [0, 0.05) is 30.6 Å². The second kappa shape index (κ2) is 10.0. The zero-order chi connectivity index (χ0) is 22.4. The molecule has 0 aliphatic rings. The second-order valence-electron chi connectivity index (χ2n) is 7.24. The van der Waals surface area contributed by atoms with E-state index in [9.17, 15) is 14.4 Å². The van der Waals surface area contributed by atoms with E-state index in [1.807, 2.05) is 38.1 Å². The highest BCUT2D eigenvalue weighted by molar-refractivity contribution is 7.14. The van der Waals surface area contributed by atoms with Gasteiger partial charge in [0.15, 0.2) is 10.9 Å². The van der Waals surface area contributed by atoms with Crippen LogP contribution in [0.4, 0.5) is 10.8 Å². The number of nitrogens with one attached hydrogen (secondary N) is 2. The number of aromatic nitrogens is 1. The number of amides is 3. The number of hydrogen-bond acceptors (Lipinski definition) is 6. The van der Waals surface area contributed by atoms with Gasteiger partial charge in [0.1, 0.15) is 0 Å². The Kier molecular flexibility index (Phi) is 7.19. The van der Waals surface area contributed by atoms with Gasteiger partial charge < -0.3 is 14.6 Å². The maximum absolute atomic E-state index is 12.3. The van der Waals surface area contributed by atoms with Crippen molar-refractivity contribution in [3.05, 3.63) is 65.1 Å². The van der Waals surface area contributed by atoms with Crippen LogP contribution in [0, 0.1) is 0 Å². The molecule has 0 atom stereocenters. The summed E-state index contributed by atoms with van der Waals surface area (Å²) in [5.41, 5.74) is 2.20. The first-order chi connectivity index (χ1) is 14.8. The number of nitrogens with zero attached hydrogens (tertiary/aromatic N) is 2. The Labute approximate surface area is 184 Å². The highest BCUT2D eigenvalue weighted by Gasteiger charge is 2.14. The van der Waals surface area contributed by atoms with Crippen molar-refractivity contribution in [2.75, 3.05) is 10.6 Å². The first-order valence-corrected chi connectivity index (χ1v) is 10.6. The first kappa shape index (κ1) is 22.2. The van der Waals surface area contributed by atoms with Crippen molar-refractivity contribution in [2.24, 2.45) is 0 Å². The van der Waals surface area contributed by atoms with E-state index in [0.29, 0.717) is 23.1 Å². The van der Waals surface area contributed by atoms with Gasteiger partial charge in [-0.2, -0.15) is 0 Å². The maximum Gasteiger partial charge on any atom is 0.293 e. The monoisotopic (exact) mass is 440 g/mol. The smallest absolute Gasteiger partial charge is 0.293 e. The Bertz CT molecular complexity index is 1040. The number of benzene rings is 1. The molecule has 0 spiro atoms. The quantitative estimate of drug-likeness (QED) is 0.552. The fourth-order valence-electron chi connectivity index (χ4n) is 2.93. The zero-order valence-electron chi connectivity index (χ0n) is 17.5. The third-order valence-electron chi connectivity index (χ3n) is 4.48. The molecule has 2 N–H and O–H groups in total. The summed E-state index contributed by atoms with van der Waals surface area (Å²) in [4.78, 5) is 42.1. The van der Waals surface area contributed by atoms with Crippen molar-refractivity contribution in [2.45, 2.75) is 39.8 Å². The zero-order valence-corrected chi connectivity index (χ0v) is 18.4. The molecule has 3 rings (SSSR count). The number of rotatable bonds is 8. The molecule has 0 aliphatic carbocycles. The molecule has 2 aromatic heterocycles. The SMILES string of the molecule is CC(=O)N(Cc1ccc(NC(=O)Cc2csc(NC(=O)c3ccco3)n2)cc1)C(C)C. The Balaban J connectivity index is 1.52. The minimum Gasteiger partial charge on any atom is -0.459 e. The van der Waals surface area contributed by atoms with Crippen LogP contribution in [0.15, 0.2) is 52.5 Å². The molecule has 0 aliphatic heterocycles. The van der Waals surface area contributed by atoms with Crippen LogP contribution in [0.3, 0.4) is 0 Å². The van der Waals surface area contributed by atoms with E-state index in [-0.39, 0.29) is 30.0 Å². The number of thiazole rings is 1. The van der Waals surface area contributed by atoms with E-state index in [1.165, 1.54) is 17.6 Å². The molecular weight excluding hydrogens is 416 g/mol. The molecule has 0 saturated carbocycles. The molecule has 3 amide bonds. The number of anilines is 2. The van der Waals surface area contributed by atoms with E-state index in [0.717, 1.165) is 5.56 Å². The lowest BCUT2D eigenvalue weighted by Crippen LogP contribution is -2.34. The fraction of sp³-hybridized carbons (Fsp3) is 0.273. The lowest BCUT2D eigenvalue weighted by atomic mass is 10.1. The summed E-state index contributed by atoms with van der Waals surface area (Å²) >= 11 is 1.24. The standard InChI is InChI=1S/C22H24N4O4S/c1-14(2)26(15(3)27)12-16-6-8-17(9-7-16)23-20(28)11-18-13-31-22(24-18)25-21(29)19-5-4-10-30-19/h4-10,13-14H,11-12H2,1-3H3,(H,23,28)(H,24,25,29). The van der Waals surface area contributed by atoms with Gasteiger partial charge in [0.2, 0.25) is 11.8 Å². The molecule has 0 radical (unpaired) electrons. The molecular formula is C22H24N4O4S. The highest BCUT2D eigenvalue weighted by atomic mass is 32.1. The fourth-order valence-corrected chi connectivity index (χ4v) is 3.63.